The molecule has 4 heteroatoms. The highest BCUT2D eigenvalue weighted by Crippen LogP contribution is 2.51. The predicted octanol–water partition coefficient (Wildman–Crippen LogP) is 10.7. The first kappa shape index (κ1) is 24.3. The first-order valence-corrected chi connectivity index (χ1v) is 15.3. The maximum atomic E-state index is 4.33. The Balaban J connectivity index is 1.35. The lowest BCUT2D eigenvalue weighted by Crippen LogP contribution is -2.18. The molecule has 1 aliphatic heterocycles. The molecule has 10 rings (SSSR count). The molecule has 0 radical (unpaired) electrons. The van der Waals surface area contributed by atoms with Gasteiger partial charge in [0.15, 0.2) is 0 Å². The van der Waals surface area contributed by atoms with Crippen LogP contribution in [0, 0.1) is 0 Å². The quantitative estimate of drug-likeness (QED) is 0.210. The number of benzene rings is 6. The molecule has 0 spiro atoms. The first-order chi connectivity index (χ1) is 22.4. The fourth-order valence-corrected chi connectivity index (χ4v) is 7.43. The monoisotopic (exact) mass is 574 g/mol. The van der Waals surface area contributed by atoms with Gasteiger partial charge in [0.05, 0.1) is 39.1 Å². The van der Waals surface area contributed by atoms with E-state index in [0.29, 0.717) is 0 Å². The molecule has 4 nitrogen and oxygen atoms in total. The molecular formula is C41H26N4. The van der Waals surface area contributed by atoms with E-state index in [1.165, 1.54) is 60.7 Å². The van der Waals surface area contributed by atoms with Crippen LogP contribution in [-0.4, -0.2) is 14.1 Å². The van der Waals surface area contributed by atoms with Gasteiger partial charge in [-0.25, -0.2) is 0 Å². The SMILES string of the molecule is c1ccc(N2c3ccccc3-n3c4c2cccc4c2ccc4c5ccccc5n(-c5ccc(-c6cccnc6)cc5)c4c23)cc1. The van der Waals surface area contributed by atoms with E-state index in [1.807, 2.05) is 18.5 Å². The van der Waals surface area contributed by atoms with Crippen molar-refractivity contribution >= 4 is 60.7 Å². The largest absolute Gasteiger partial charge is 0.307 e. The summed E-state index contributed by atoms with van der Waals surface area (Å²) < 4.78 is 4.96. The minimum Gasteiger partial charge on any atom is -0.307 e. The van der Waals surface area contributed by atoms with Crippen molar-refractivity contribution in [3.05, 3.63) is 158 Å². The Kier molecular flexibility index (Phi) is 4.96. The summed E-state index contributed by atoms with van der Waals surface area (Å²) in [7, 11) is 0. The van der Waals surface area contributed by atoms with Gasteiger partial charge in [0.1, 0.15) is 0 Å². The smallest absolute Gasteiger partial charge is 0.0790 e. The molecule has 0 fully saturated rings. The van der Waals surface area contributed by atoms with Gasteiger partial charge in [-0.1, -0.05) is 91.0 Å². The van der Waals surface area contributed by atoms with Crippen LogP contribution in [-0.2, 0) is 0 Å². The Morgan fingerprint density at radius 1 is 0.378 bits per heavy atom. The average molecular weight is 575 g/mol. The lowest BCUT2D eigenvalue weighted by molar-refractivity contribution is 1.10. The standard InChI is InChI=1S/C41H26N4/c1-2-11-29(12-3-1)43-36-16-6-7-17-37(36)45-39-32(14-8-18-38(39)43)34-24-23-33-31-13-4-5-15-35(31)44(40(33)41(34)45)30-21-19-27(20-22-30)28-10-9-25-42-26-28/h1-26H. The molecule has 0 saturated heterocycles. The van der Waals surface area contributed by atoms with Gasteiger partial charge >= 0.3 is 0 Å². The van der Waals surface area contributed by atoms with Gasteiger partial charge in [-0.2, -0.15) is 0 Å². The Hall–Kier alpha value is -6.13. The zero-order valence-corrected chi connectivity index (χ0v) is 24.3. The molecule has 0 bridgehead atoms. The van der Waals surface area contributed by atoms with Crippen molar-refractivity contribution in [2.24, 2.45) is 0 Å². The number of aromatic nitrogens is 3. The molecule has 6 aromatic carbocycles. The van der Waals surface area contributed by atoms with E-state index in [-0.39, 0.29) is 0 Å². The van der Waals surface area contributed by atoms with Gasteiger partial charge in [-0.15, -0.1) is 0 Å². The summed E-state index contributed by atoms with van der Waals surface area (Å²) in [6.45, 7) is 0. The lowest BCUT2D eigenvalue weighted by atomic mass is 10.1. The molecule has 4 heterocycles. The second kappa shape index (κ2) is 9.18. The van der Waals surface area contributed by atoms with E-state index < -0.39 is 0 Å². The number of hydrogen-bond donors (Lipinski definition) is 0. The molecule has 0 amide bonds. The molecule has 0 unspecified atom stereocenters. The van der Waals surface area contributed by atoms with E-state index in [9.17, 15) is 0 Å². The van der Waals surface area contributed by atoms with Crippen LogP contribution in [0.25, 0.3) is 66.1 Å². The van der Waals surface area contributed by atoms with Gasteiger partial charge in [0.25, 0.3) is 0 Å². The van der Waals surface area contributed by atoms with Crippen molar-refractivity contribution in [2.75, 3.05) is 4.90 Å². The van der Waals surface area contributed by atoms with Gasteiger partial charge < -0.3 is 14.0 Å². The summed E-state index contributed by atoms with van der Waals surface area (Å²) in [6, 6.07) is 52.6. The van der Waals surface area contributed by atoms with E-state index in [0.717, 1.165) is 22.5 Å². The fourth-order valence-electron chi connectivity index (χ4n) is 7.43. The molecule has 3 aromatic heterocycles. The Morgan fingerprint density at radius 3 is 1.87 bits per heavy atom. The molecule has 9 aromatic rings. The van der Waals surface area contributed by atoms with E-state index >= 15 is 0 Å². The Morgan fingerprint density at radius 2 is 1.04 bits per heavy atom. The summed E-state index contributed by atoms with van der Waals surface area (Å²) >= 11 is 0. The van der Waals surface area contributed by atoms with E-state index in [4.69, 9.17) is 0 Å². The van der Waals surface area contributed by atoms with Crippen LogP contribution < -0.4 is 4.90 Å². The van der Waals surface area contributed by atoms with E-state index in [1.54, 1.807) is 0 Å². The molecule has 0 saturated carbocycles. The van der Waals surface area contributed by atoms with Crippen LogP contribution in [0.1, 0.15) is 0 Å². The van der Waals surface area contributed by atoms with Crippen molar-refractivity contribution in [3.63, 3.8) is 0 Å². The summed E-state index contributed by atoms with van der Waals surface area (Å²) in [4.78, 5) is 6.74. The Labute approximate surface area is 259 Å². The number of hydrogen-bond acceptors (Lipinski definition) is 2. The predicted molar refractivity (Wildman–Crippen MR) is 187 cm³/mol. The molecular weight excluding hydrogens is 548 g/mol. The third-order valence-electron chi connectivity index (χ3n) is 9.30. The Bertz CT molecular complexity index is 2580. The minimum atomic E-state index is 1.11. The molecule has 0 atom stereocenters. The lowest BCUT2D eigenvalue weighted by Gasteiger charge is -2.33. The van der Waals surface area contributed by atoms with Crippen LogP contribution in [0.4, 0.5) is 17.1 Å². The van der Waals surface area contributed by atoms with E-state index in [2.05, 4.69) is 159 Å². The van der Waals surface area contributed by atoms with Crippen LogP contribution >= 0.6 is 0 Å². The molecule has 210 valence electrons. The number of anilines is 3. The van der Waals surface area contributed by atoms with Crippen LogP contribution in [0.15, 0.2) is 158 Å². The van der Waals surface area contributed by atoms with Crippen molar-refractivity contribution in [2.45, 2.75) is 0 Å². The molecule has 0 N–H and O–H groups in total. The summed E-state index contributed by atoms with van der Waals surface area (Å²) in [5, 5.41) is 5.00. The second-order valence-corrected chi connectivity index (χ2v) is 11.7. The van der Waals surface area contributed by atoms with Gasteiger partial charge in [-0.05, 0) is 65.7 Å². The number of fused-ring (bicyclic) bond motifs is 9. The molecule has 45 heavy (non-hydrogen) atoms. The summed E-state index contributed by atoms with van der Waals surface area (Å²) in [5.74, 6) is 0. The van der Waals surface area contributed by atoms with Gasteiger partial charge in [0.2, 0.25) is 0 Å². The number of para-hydroxylation sites is 5. The zero-order valence-electron chi connectivity index (χ0n) is 24.3. The maximum absolute atomic E-state index is 4.33. The highest BCUT2D eigenvalue weighted by molar-refractivity contribution is 6.26. The third-order valence-corrected chi connectivity index (χ3v) is 9.30. The van der Waals surface area contributed by atoms with Gasteiger partial charge in [-0.3, -0.25) is 4.98 Å². The summed E-state index contributed by atoms with van der Waals surface area (Å²) in [5.41, 5.74) is 13.0. The fraction of sp³-hybridized carbons (Fsp3) is 0. The summed E-state index contributed by atoms with van der Waals surface area (Å²) in [6.07, 6.45) is 3.74. The number of nitrogens with zero attached hydrogens (tertiary/aromatic N) is 4. The average Bonchev–Trinajstić information content (AvgIpc) is 3.64. The van der Waals surface area contributed by atoms with Gasteiger partial charge in [0, 0.05) is 45.3 Å². The highest BCUT2D eigenvalue weighted by Gasteiger charge is 2.30. The van der Waals surface area contributed by atoms with Crippen LogP contribution in [0.2, 0.25) is 0 Å². The van der Waals surface area contributed by atoms with Crippen molar-refractivity contribution < 1.29 is 0 Å². The van der Waals surface area contributed by atoms with Crippen molar-refractivity contribution in [3.8, 4) is 22.5 Å². The molecule has 1 aliphatic rings. The first-order valence-electron chi connectivity index (χ1n) is 15.3. The van der Waals surface area contributed by atoms with Crippen LogP contribution in [0.3, 0.4) is 0 Å². The topological polar surface area (TPSA) is 26.0 Å². The number of rotatable bonds is 3. The highest BCUT2D eigenvalue weighted by atomic mass is 15.2. The minimum absolute atomic E-state index is 1.11. The zero-order chi connectivity index (χ0) is 29.5. The number of pyridine rings is 1. The third kappa shape index (κ3) is 3.34. The van der Waals surface area contributed by atoms with Crippen molar-refractivity contribution in [1.29, 1.82) is 0 Å². The molecule has 0 aliphatic carbocycles. The van der Waals surface area contributed by atoms with Crippen molar-refractivity contribution in [1.82, 2.24) is 14.1 Å². The van der Waals surface area contributed by atoms with Crippen LogP contribution in [0.5, 0.6) is 0 Å². The normalized spacial score (nSPS) is 12.4. The second-order valence-electron chi connectivity index (χ2n) is 11.7. The maximum Gasteiger partial charge on any atom is 0.0790 e.